The van der Waals surface area contributed by atoms with E-state index >= 15 is 0 Å². The summed E-state index contributed by atoms with van der Waals surface area (Å²) in [7, 11) is 1.61. The van der Waals surface area contributed by atoms with Crippen molar-refractivity contribution in [3.05, 3.63) is 51.0 Å². The average molecular weight is 306 g/mol. The zero-order valence-corrected chi connectivity index (χ0v) is 12.2. The molecule has 1 aromatic heterocycles. The molecule has 0 aliphatic heterocycles. The van der Waals surface area contributed by atoms with Gasteiger partial charge in [0.2, 0.25) is 5.91 Å². The van der Waals surface area contributed by atoms with Crippen LogP contribution in [0.1, 0.15) is 11.3 Å². The maximum atomic E-state index is 12.1. The number of likely N-dealkylation sites (N-methyl/N-ethyl adjacent to an activating group) is 1. The first-order valence-electron chi connectivity index (χ1n) is 6.13. The summed E-state index contributed by atoms with van der Waals surface area (Å²) >= 11 is 1.28. The topological polar surface area (TPSA) is 102 Å². The molecule has 0 unspecified atom stereocenters. The van der Waals surface area contributed by atoms with Crippen molar-refractivity contribution in [2.24, 2.45) is 0 Å². The van der Waals surface area contributed by atoms with E-state index in [9.17, 15) is 14.9 Å². The Morgan fingerprint density at radius 3 is 2.81 bits per heavy atom. The van der Waals surface area contributed by atoms with Gasteiger partial charge >= 0.3 is 0 Å². The van der Waals surface area contributed by atoms with Crippen molar-refractivity contribution in [1.29, 1.82) is 0 Å². The highest BCUT2D eigenvalue weighted by Crippen LogP contribution is 2.19. The summed E-state index contributed by atoms with van der Waals surface area (Å²) in [6.45, 7) is 0.176. The van der Waals surface area contributed by atoms with Gasteiger partial charge in [0.15, 0.2) is 5.13 Å². The maximum Gasteiger partial charge on any atom is 0.274 e. The Kier molecular flexibility index (Phi) is 4.49. The minimum absolute atomic E-state index is 0.00931. The van der Waals surface area contributed by atoms with Crippen LogP contribution in [-0.2, 0) is 17.8 Å². The number of hydrogen-bond donors (Lipinski definition) is 1. The molecule has 1 heterocycles. The lowest BCUT2D eigenvalue weighted by molar-refractivity contribution is -0.385. The van der Waals surface area contributed by atoms with E-state index in [-0.39, 0.29) is 24.6 Å². The predicted molar refractivity (Wildman–Crippen MR) is 79.8 cm³/mol. The molecule has 0 aliphatic rings. The van der Waals surface area contributed by atoms with Gasteiger partial charge in [0.25, 0.3) is 5.69 Å². The number of nitro groups is 1. The van der Waals surface area contributed by atoms with Crippen LogP contribution in [0.25, 0.3) is 0 Å². The van der Waals surface area contributed by atoms with Crippen LogP contribution in [0, 0.1) is 10.1 Å². The number of thiazole rings is 1. The first-order chi connectivity index (χ1) is 9.97. The molecule has 0 saturated carbocycles. The molecular weight excluding hydrogens is 292 g/mol. The van der Waals surface area contributed by atoms with Gasteiger partial charge < -0.3 is 10.6 Å². The molecule has 21 heavy (non-hydrogen) atoms. The Hall–Kier alpha value is -2.48. The van der Waals surface area contributed by atoms with Crippen LogP contribution < -0.4 is 5.73 Å². The Morgan fingerprint density at radius 1 is 1.48 bits per heavy atom. The van der Waals surface area contributed by atoms with Crippen molar-refractivity contribution in [3.63, 3.8) is 0 Å². The summed E-state index contributed by atoms with van der Waals surface area (Å²) < 4.78 is 0. The fraction of sp³-hybridized carbons (Fsp3) is 0.231. The smallest absolute Gasteiger partial charge is 0.274 e. The molecule has 1 aromatic carbocycles. The van der Waals surface area contributed by atoms with Gasteiger partial charge in [-0.25, -0.2) is 4.98 Å². The van der Waals surface area contributed by atoms with E-state index in [4.69, 9.17) is 5.73 Å². The Bertz CT molecular complexity index is 671. The number of anilines is 1. The summed E-state index contributed by atoms with van der Waals surface area (Å²) in [6.07, 6.45) is 0.130. The van der Waals surface area contributed by atoms with Gasteiger partial charge in [-0.15, -0.1) is 11.3 Å². The molecule has 0 atom stereocenters. The molecule has 1 amide bonds. The molecule has 110 valence electrons. The highest BCUT2D eigenvalue weighted by molar-refractivity contribution is 7.13. The van der Waals surface area contributed by atoms with Crippen molar-refractivity contribution in [1.82, 2.24) is 9.88 Å². The first kappa shape index (κ1) is 14.9. The lowest BCUT2D eigenvalue weighted by atomic mass is 10.1. The summed E-state index contributed by atoms with van der Waals surface area (Å²) in [5, 5.41) is 13.1. The van der Waals surface area contributed by atoms with Crippen LogP contribution in [-0.4, -0.2) is 27.8 Å². The van der Waals surface area contributed by atoms with Crippen LogP contribution in [0.5, 0.6) is 0 Å². The molecule has 0 radical (unpaired) electrons. The number of nitro benzene ring substituents is 1. The molecule has 0 bridgehead atoms. The fourth-order valence-electron chi connectivity index (χ4n) is 1.86. The molecule has 2 rings (SSSR count). The van der Waals surface area contributed by atoms with Crippen molar-refractivity contribution in [2.75, 3.05) is 12.8 Å². The Balaban J connectivity index is 2.05. The molecule has 2 N–H and O–H groups in total. The lowest BCUT2D eigenvalue weighted by Gasteiger charge is -2.16. The number of nitrogens with zero attached hydrogens (tertiary/aromatic N) is 3. The number of carbonyl (C=O) groups excluding carboxylic acids is 1. The van der Waals surface area contributed by atoms with Gasteiger partial charge in [0.05, 0.1) is 23.6 Å². The second-order valence-electron chi connectivity index (χ2n) is 4.49. The van der Waals surface area contributed by atoms with Crippen molar-refractivity contribution in [2.45, 2.75) is 13.0 Å². The van der Waals surface area contributed by atoms with Crippen LogP contribution in [0.15, 0.2) is 29.6 Å². The second kappa shape index (κ2) is 6.31. The van der Waals surface area contributed by atoms with E-state index < -0.39 is 4.92 Å². The monoisotopic (exact) mass is 306 g/mol. The van der Waals surface area contributed by atoms with E-state index in [1.807, 2.05) is 0 Å². The summed E-state index contributed by atoms with van der Waals surface area (Å²) in [6, 6.07) is 6.38. The van der Waals surface area contributed by atoms with Gasteiger partial charge in [-0.05, 0) is 0 Å². The van der Waals surface area contributed by atoms with Gasteiger partial charge in [0.1, 0.15) is 0 Å². The number of aromatic nitrogens is 1. The minimum atomic E-state index is -0.450. The van der Waals surface area contributed by atoms with Crippen LogP contribution in [0.4, 0.5) is 10.8 Å². The van der Waals surface area contributed by atoms with Gasteiger partial charge in [-0.2, -0.15) is 0 Å². The van der Waals surface area contributed by atoms with Crippen LogP contribution >= 0.6 is 11.3 Å². The largest absolute Gasteiger partial charge is 0.375 e. The van der Waals surface area contributed by atoms with Crippen molar-refractivity contribution in [3.8, 4) is 0 Å². The molecule has 0 saturated heterocycles. The SMILES string of the molecule is CN(Cc1ccccc1[N+](=O)[O-])C(=O)Cc1csc(N)n1. The summed E-state index contributed by atoms with van der Waals surface area (Å²) in [5.74, 6) is -0.168. The summed E-state index contributed by atoms with van der Waals surface area (Å²) in [5.41, 5.74) is 6.63. The molecule has 0 spiro atoms. The van der Waals surface area contributed by atoms with E-state index in [2.05, 4.69) is 4.98 Å². The van der Waals surface area contributed by atoms with Crippen LogP contribution in [0.3, 0.4) is 0 Å². The quantitative estimate of drug-likeness (QED) is 0.670. The first-order valence-corrected chi connectivity index (χ1v) is 7.01. The van der Waals surface area contributed by atoms with E-state index in [0.29, 0.717) is 16.4 Å². The van der Waals surface area contributed by atoms with E-state index in [0.717, 1.165) is 0 Å². The number of hydrogen-bond acceptors (Lipinski definition) is 6. The number of nitrogens with two attached hydrogens (primary N) is 1. The molecular formula is C13H14N4O3S. The third-order valence-electron chi connectivity index (χ3n) is 2.92. The van der Waals surface area contributed by atoms with Gasteiger partial charge in [0, 0.05) is 24.1 Å². The number of rotatable bonds is 5. The minimum Gasteiger partial charge on any atom is -0.375 e. The summed E-state index contributed by atoms with van der Waals surface area (Å²) in [4.78, 5) is 28.1. The Labute approximate surface area is 125 Å². The number of benzene rings is 1. The lowest BCUT2D eigenvalue weighted by Crippen LogP contribution is -2.28. The van der Waals surface area contributed by atoms with Crippen LogP contribution in [0.2, 0.25) is 0 Å². The fourth-order valence-corrected chi connectivity index (χ4v) is 2.42. The van der Waals surface area contributed by atoms with Gasteiger partial charge in [-0.1, -0.05) is 18.2 Å². The Morgan fingerprint density at radius 2 is 2.19 bits per heavy atom. The third-order valence-corrected chi connectivity index (χ3v) is 3.65. The zero-order valence-electron chi connectivity index (χ0n) is 11.4. The molecule has 0 fully saturated rings. The number of para-hydroxylation sites is 1. The third kappa shape index (κ3) is 3.76. The average Bonchev–Trinajstić information content (AvgIpc) is 2.84. The van der Waals surface area contributed by atoms with E-state index in [1.54, 1.807) is 30.6 Å². The van der Waals surface area contributed by atoms with Gasteiger partial charge in [-0.3, -0.25) is 14.9 Å². The maximum absolute atomic E-state index is 12.1. The molecule has 0 aliphatic carbocycles. The highest BCUT2D eigenvalue weighted by atomic mass is 32.1. The van der Waals surface area contributed by atoms with Crippen molar-refractivity contribution < 1.29 is 9.72 Å². The van der Waals surface area contributed by atoms with Crippen molar-refractivity contribution >= 4 is 28.1 Å². The molecule has 2 aromatic rings. The second-order valence-corrected chi connectivity index (χ2v) is 5.38. The zero-order chi connectivity index (χ0) is 15.4. The standard InChI is InChI=1S/C13H14N4O3S/c1-16(12(18)6-10-8-21-13(14)15-10)7-9-4-2-3-5-11(9)17(19)20/h2-5,8H,6-7H2,1H3,(H2,14,15). The number of nitrogen functional groups attached to an aromatic ring is 1. The molecule has 7 nitrogen and oxygen atoms in total. The highest BCUT2D eigenvalue weighted by Gasteiger charge is 2.17. The number of amides is 1. The normalized spacial score (nSPS) is 10.3. The van der Waals surface area contributed by atoms with E-state index in [1.165, 1.54) is 22.3 Å². The molecule has 8 heteroatoms. The predicted octanol–water partition coefficient (Wildman–Crippen LogP) is 1.83. The number of carbonyl (C=O) groups is 1.